The van der Waals surface area contributed by atoms with E-state index in [0.717, 1.165) is 20.0 Å². The standard InChI is InChI=1S/C11H15NO3.CH3F.CH4O/c1-14-8-9-5-6-11(15-9)12-7-3-2-4-10(12)13;2*1-2/h2-4,7,9,11H,5-6,8H2,1H3;1H3;2H,1H3. The summed E-state index contributed by atoms with van der Waals surface area (Å²) in [5, 5.41) is 7.00. The molecule has 1 N–H and O–H groups in total. The van der Waals surface area contributed by atoms with Crippen molar-refractivity contribution in [2.75, 3.05) is 28.0 Å². The minimum absolute atomic E-state index is 0.0134. The zero-order valence-corrected chi connectivity index (χ0v) is 11.6. The maximum atomic E-state index is 11.5. The van der Waals surface area contributed by atoms with Crippen molar-refractivity contribution < 1.29 is 19.0 Å². The highest BCUT2D eigenvalue weighted by Gasteiger charge is 2.26. The van der Waals surface area contributed by atoms with Gasteiger partial charge >= 0.3 is 0 Å². The van der Waals surface area contributed by atoms with E-state index in [0.29, 0.717) is 13.8 Å². The van der Waals surface area contributed by atoms with Gasteiger partial charge < -0.3 is 14.6 Å². The highest BCUT2D eigenvalue weighted by Crippen LogP contribution is 2.26. The smallest absolute Gasteiger partial charge is 0.252 e. The van der Waals surface area contributed by atoms with Crippen molar-refractivity contribution in [1.82, 2.24) is 4.57 Å². The van der Waals surface area contributed by atoms with Gasteiger partial charge in [0.2, 0.25) is 0 Å². The number of aliphatic hydroxyl groups is 1. The van der Waals surface area contributed by atoms with Crippen LogP contribution in [0.15, 0.2) is 29.2 Å². The fourth-order valence-corrected chi connectivity index (χ4v) is 1.88. The molecule has 1 saturated heterocycles. The van der Waals surface area contributed by atoms with Gasteiger partial charge in [-0.15, -0.1) is 0 Å². The van der Waals surface area contributed by atoms with Crippen molar-refractivity contribution in [3.63, 3.8) is 0 Å². The van der Waals surface area contributed by atoms with Crippen molar-refractivity contribution in [3.05, 3.63) is 34.7 Å². The van der Waals surface area contributed by atoms with Gasteiger partial charge in [0.05, 0.1) is 19.9 Å². The third-order valence-corrected chi connectivity index (χ3v) is 2.60. The number of alkyl halides is 1. The zero-order chi connectivity index (χ0) is 14.7. The number of aliphatic hydroxyl groups excluding tert-OH is 1. The number of aromatic nitrogens is 1. The van der Waals surface area contributed by atoms with E-state index in [-0.39, 0.29) is 17.9 Å². The van der Waals surface area contributed by atoms with Crippen molar-refractivity contribution in [2.24, 2.45) is 0 Å². The van der Waals surface area contributed by atoms with E-state index in [4.69, 9.17) is 14.6 Å². The predicted molar refractivity (Wildman–Crippen MR) is 70.9 cm³/mol. The van der Waals surface area contributed by atoms with Crippen LogP contribution < -0.4 is 5.56 Å². The molecule has 2 unspecified atom stereocenters. The quantitative estimate of drug-likeness (QED) is 0.905. The van der Waals surface area contributed by atoms with E-state index in [1.807, 2.05) is 6.07 Å². The summed E-state index contributed by atoms with van der Waals surface area (Å²) in [4.78, 5) is 11.5. The largest absolute Gasteiger partial charge is 0.400 e. The molecule has 0 aromatic carbocycles. The van der Waals surface area contributed by atoms with Gasteiger partial charge in [0.25, 0.3) is 5.56 Å². The number of pyridine rings is 1. The Kier molecular flexibility index (Phi) is 9.97. The van der Waals surface area contributed by atoms with Crippen LogP contribution in [0.5, 0.6) is 0 Å². The molecule has 5 nitrogen and oxygen atoms in total. The summed E-state index contributed by atoms with van der Waals surface area (Å²) in [6.07, 6.45) is 3.57. The monoisotopic (exact) mass is 275 g/mol. The number of methoxy groups -OCH3 is 1. The van der Waals surface area contributed by atoms with Gasteiger partial charge in [0.15, 0.2) is 0 Å². The third kappa shape index (κ3) is 5.50. The van der Waals surface area contributed by atoms with E-state index < -0.39 is 0 Å². The second-order valence-corrected chi connectivity index (χ2v) is 3.69. The predicted octanol–water partition coefficient (Wildman–Crippen LogP) is 1.37. The van der Waals surface area contributed by atoms with Gasteiger partial charge in [-0.05, 0) is 18.9 Å². The first-order valence-electron chi connectivity index (χ1n) is 5.95. The first-order chi connectivity index (χ1) is 9.31. The van der Waals surface area contributed by atoms with Crippen molar-refractivity contribution >= 4 is 0 Å². The molecule has 0 bridgehead atoms. The number of nitrogens with zero attached hydrogens (tertiary/aromatic N) is 1. The Morgan fingerprint density at radius 1 is 1.42 bits per heavy atom. The molecule has 2 heterocycles. The van der Waals surface area contributed by atoms with Gasteiger partial charge in [-0.1, -0.05) is 6.07 Å². The van der Waals surface area contributed by atoms with Gasteiger partial charge in [-0.3, -0.25) is 13.8 Å². The number of hydrogen-bond acceptors (Lipinski definition) is 4. The Labute approximate surface area is 112 Å². The maximum absolute atomic E-state index is 11.5. The molecule has 0 radical (unpaired) electrons. The van der Waals surface area contributed by atoms with Gasteiger partial charge in [-0.2, -0.15) is 0 Å². The molecule has 2 atom stereocenters. The summed E-state index contributed by atoms with van der Waals surface area (Å²) < 4.78 is 21.9. The fourth-order valence-electron chi connectivity index (χ4n) is 1.88. The third-order valence-electron chi connectivity index (χ3n) is 2.60. The van der Waals surface area contributed by atoms with Crippen LogP contribution in [-0.2, 0) is 9.47 Å². The molecule has 1 aliphatic rings. The Morgan fingerprint density at radius 3 is 2.68 bits per heavy atom. The molecule has 19 heavy (non-hydrogen) atoms. The topological polar surface area (TPSA) is 60.7 Å². The lowest BCUT2D eigenvalue weighted by molar-refractivity contribution is -0.0329. The van der Waals surface area contributed by atoms with Crippen molar-refractivity contribution in [3.8, 4) is 0 Å². The average molecular weight is 275 g/mol. The lowest BCUT2D eigenvalue weighted by Crippen LogP contribution is -2.24. The first-order valence-corrected chi connectivity index (χ1v) is 5.95. The molecule has 0 aliphatic carbocycles. The minimum atomic E-state index is -0.126. The molecule has 1 aliphatic heterocycles. The SMILES string of the molecule is CF.CO.COCC1CCC(n2ccccc2=O)O1. The van der Waals surface area contributed by atoms with E-state index in [1.54, 1.807) is 30.0 Å². The van der Waals surface area contributed by atoms with Crippen LogP contribution >= 0.6 is 0 Å². The molecule has 2 rings (SSSR count). The fraction of sp³-hybridized carbons (Fsp3) is 0.615. The van der Waals surface area contributed by atoms with E-state index in [9.17, 15) is 9.18 Å². The average Bonchev–Trinajstić information content (AvgIpc) is 2.93. The summed E-state index contributed by atoms with van der Waals surface area (Å²) in [5.74, 6) is 0. The van der Waals surface area contributed by atoms with E-state index in [2.05, 4.69) is 0 Å². The Balaban J connectivity index is 0.000000741. The molecule has 0 saturated carbocycles. The first kappa shape index (κ1) is 17.8. The van der Waals surface area contributed by atoms with Crippen LogP contribution in [0.2, 0.25) is 0 Å². The van der Waals surface area contributed by atoms with Crippen LogP contribution in [-0.4, -0.2) is 43.8 Å². The minimum Gasteiger partial charge on any atom is -0.400 e. The molecule has 6 heteroatoms. The van der Waals surface area contributed by atoms with Crippen LogP contribution in [0.3, 0.4) is 0 Å². The van der Waals surface area contributed by atoms with Gasteiger partial charge in [-0.25, -0.2) is 0 Å². The highest BCUT2D eigenvalue weighted by atomic mass is 19.1. The molecule has 0 amide bonds. The van der Waals surface area contributed by atoms with E-state index in [1.165, 1.54) is 0 Å². The summed E-state index contributed by atoms with van der Waals surface area (Å²) >= 11 is 0. The molecule has 110 valence electrons. The summed E-state index contributed by atoms with van der Waals surface area (Å²) in [6.45, 7) is 0.595. The van der Waals surface area contributed by atoms with Crippen LogP contribution in [0.4, 0.5) is 4.39 Å². The van der Waals surface area contributed by atoms with Crippen LogP contribution in [0, 0.1) is 0 Å². The van der Waals surface area contributed by atoms with Crippen molar-refractivity contribution in [1.29, 1.82) is 0 Å². The number of rotatable bonds is 3. The van der Waals surface area contributed by atoms with Gasteiger partial charge in [0.1, 0.15) is 6.23 Å². The zero-order valence-electron chi connectivity index (χ0n) is 11.6. The molecule has 1 aromatic heterocycles. The Morgan fingerprint density at radius 2 is 2.11 bits per heavy atom. The molecular formula is C13H22FNO4. The molecule has 1 fully saturated rings. The molecular weight excluding hydrogens is 253 g/mol. The molecule has 1 aromatic rings. The second-order valence-electron chi connectivity index (χ2n) is 3.69. The summed E-state index contributed by atoms with van der Waals surface area (Å²) in [7, 11) is 3.16. The lowest BCUT2D eigenvalue weighted by atomic mass is 10.2. The second kappa shape index (κ2) is 10.7. The van der Waals surface area contributed by atoms with Crippen molar-refractivity contribution in [2.45, 2.75) is 25.2 Å². The normalized spacial score (nSPS) is 20.9. The van der Waals surface area contributed by atoms with Crippen LogP contribution in [0.1, 0.15) is 19.1 Å². The summed E-state index contributed by atoms with van der Waals surface area (Å²) in [6, 6.07) is 5.13. The molecule has 0 spiro atoms. The highest BCUT2D eigenvalue weighted by molar-refractivity contribution is 4.94. The Bertz CT molecular complexity index is 383. The maximum Gasteiger partial charge on any atom is 0.252 e. The Hall–Kier alpha value is -1.24. The lowest BCUT2D eigenvalue weighted by Gasteiger charge is -2.15. The number of ether oxygens (including phenoxy) is 2. The summed E-state index contributed by atoms with van der Waals surface area (Å²) in [5.41, 5.74) is -0.0134. The number of halogens is 1. The number of hydrogen-bond donors (Lipinski definition) is 1. The van der Waals surface area contributed by atoms with Gasteiger partial charge in [0, 0.05) is 26.5 Å². The van der Waals surface area contributed by atoms with E-state index >= 15 is 0 Å². The van der Waals surface area contributed by atoms with Crippen LogP contribution in [0.25, 0.3) is 0 Å².